The number of fused-ring (bicyclic) bond motifs is 1. The van der Waals surface area contributed by atoms with Crippen LogP contribution in [-0.4, -0.2) is 50.3 Å². The molecule has 0 saturated carbocycles. The second-order valence-electron chi connectivity index (χ2n) is 7.11. The van der Waals surface area contributed by atoms with Crippen LogP contribution < -0.4 is 0 Å². The lowest BCUT2D eigenvalue weighted by molar-refractivity contribution is 0.204. The van der Waals surface area contributed by atoms with Gasteiger partial charge >= 0.3 is 0 Å². The van der Waals surface area contributed by atoms with Crippen molar-refractivity contribution in [1.82, 2.24) is 9.21 Å². The number of piperazine rings is 1. The Balaban J connectivity index is 1.45. The number of halogens is 1. The summed E-state index contributed by atoms with van der Waals surface area (Å²) in [5, 5.41) is 1.90. The standard InChI is InChI=1S/C23H23ClN2O2S/c24-21-12-4-10-20-11-5-13-22(23(20)21)29(27,28)26-17-15-25(16-18-26)14-6-9-19-7-2-1-3-8-19/h1-13H,14-18H2/b9-6-. The van der Waals surface area contributed by atoms with Crippen molar-refractivity contribution in [2.24, 2.45) is 0 Å². The molecule has 1 fully saturated rings. The SMILES string of the molecule is O=S(=O)(c1cccc2cccc(Cl)c12)N1CCN(C/C=C\c2ccccc2)CC1. The van der Waals surface area contributed by atoms with Crippen molar-refractivity contribution in [1.29, 1.82) is 0 Å². The van der Waals surface area contributed by atoms with Crippen molar-refractivity contribution < 1.29 is 8.42 Å². The van der Waals surface area contributed by atoms with E-state index in [1.165, 1.54) is 5.56 Å². The first kappa shape index (κ1) is 20.1. The molecule has 0 bridgehead atoms. The van der Waals surface area contributed by atoms with Crippen molar-refractivity contribution in [3.8, 4) is 0 Å². The quantitative estimate of drug-likeness (QED) is 0.602. The molecular weight excluding hydrogens is 404 g/mol. The maximum Gasteiger partial charge on any atom is 0.243 e. The number of hydrogen-bond acceptors (Lipinski definition) is 3. The van der Waals surface area contributed by atoms with Gasteiger partial charge in [0.25, 0.3) is 0 Å². The van der Waals surface area contributed by atoms with Gasteiger partial charge in [0.15, 0.2) is 0 Å². The zero-order chi connectivity index (χ0) is 20.3. The lowest BCUT2D eigenvalue weighted by atomic mass is 10.1. The number of hydrogen-bond donors (Lipinski definition) is 0. The fraction of sp³-hybridized carbons (Fsp3) is 0.217. The Labute approximate surface area is 177 Å². The molecule has 0 atom stereocenters. The summed E-state index contributed by atoms with van der Waals surface area (Å²) >= 11 is 6.34. The molecule has 0 aromatic heterocycles. The number of nitrogens with zero attached hydrogens (tertiary/aromatic N) is 2. The molecule has 0 amide bonds. The topological polar surface area (TPSA) is 40.6 Å². The lowest BCUT2D eigenvalue weighted by Gasteiger charge is -2.33. The van der Waals surface area contributed by atoms with Crippen LogP contribution in [0.3, 0.4) is 0 Å². The molecule has 0 spiro atoms. The van der Waals surface area contributed by atoms with Crippen LogP contribution in [-0.2, 0) is 10.0 Å². The van der Waals surface area contributed by atoms with E-state index >= 15 is 0 Å². The molecular formula is C23H23ClN2O2S. The summed E-state index contributed by atoms with van der Waals surface area (Å²) in [6, 6.07) is 20.9. The van der Waals surface area contributed by atoms with Crippen LogP contribution in [0, 0.1) is 0 Å². The number of benzene rings is 3. The fourth-order valence-electron chi connectivity index (χ4n) is 3.67. The van der Waals surface area contributed by atoms with Crippen molar-refractivity contribution in [3.63, 3.8) is 0 Å². The molecule has 1 saturated heterocycles. The Morgan fingerprint density at radius 3 is 2.28 bits per heavy atom. The summed E-state index contributed by atoms with van der Waals surface area (Å²) in [6.07, 6.45) is 4.23. The molecule has 0 radical (unpaired) electrons. The Morgan fingerprint density at radius 1 is 0.862 bits per heavy atom. The van der Waals surface area contributed by atoms with E-state index in [-0.39, 0.29) is 4.90 Å². The molecule has 0 N–H and O–H groups in total. The highest BCUT2D eigenvalue weighted by atomic mass is 35.5. The first-order valence-electron chi connectivity index (χ1n) is 9.67. The van der Waals surface area contributed by atoms with E-state index in [1.807, 2.05) is 36.4 Å². The molecule has 1 heterocycles. The highest BCUT2D eigenvalue weighted by Crippen LogP contribution is 2.31. The second kappa shape index (κ2) is 8.67. The van der Waals surface area contributed by atoms with Crippen LogP contribution in [0.2, 0.25) is 5.02 Å². The van der Waals surface area contributed by atoms with Crippen molar-refractivity contribution in [2.45, 2.75) is 4.90 Å². The van der Waals surface area contributed by atoms with Gasteiger partial charge in [-0.05, 0) is 23.1 Å². The van der Waals surface area contributed by atoms with Crippen molar-refractivity contribution in [2.75, 3.05) is 32.7 Å². The minimum absolute atomic E-state index is 0.290. The molecule has 4 nitrogen and oxygen atoms in total. The first-order chi connectivity index (χ1) is 14.1. The summed E-state index contributed by atoms with van der Waals surface area (Å²) in [7, 11) is -3.59. The van der Waals surface area contributed by atoms with E-state index in [4.69, 9.17) is 11.6 Å². The smallest absolute Gasteiger partial charge is 0.243 e. The normalized spacial score (nSPS) is 16.6. The minimum atomic E-state index is -3.59. The van der Waals surface area contributed by atoms with Crippen molar-refractivity contribution >= 4 is 38.5 Å². The Kier molecular flexibility index (Phi) is 6.01. The summed E-state index contributed by atoms with van der Waals surface area (Å²) in [6.45, 7) is 3.17. The summed E-state index contributed by atoms with van der Waals surface area (Å²) in [4.78, 5) is 2.56. The predicted octanol–water partition coefficient (Wildman–Crippen LogP) is 4.51. The highest BCUT2D eigenvalue weighted by molar-refractivity contribution is 7.89. The summed E-state index contributed by atoms with van der Waals surface area (Å²) < 4.78 is 28.2. The van der Waals surface area contributed by atoms with E-state index in [2.05, 4.69) is 29.2 Å². The zero-order valence-electron chi connectivity index (χ0n) is 16.0. The Morgan fingerprint density at radius 2 is 1.55 bits per heavy atom. The summed E-state index contributed by atoms with van der Waals surface area (Å²) in [5.41, 5.74) is 1.17. The molecule has 0 aliphatic carbocycles. The van der Waals surface area contributed by atoms with Crippen molar-refractivity contribution in [3.05, 3.63) is 83.4 Å². The van der Waals surface area contributed by atoms with Gasteiger partial charge in [-0.2, -0.15) is 4.31 Å². The maximum atomic E-state index is 13.3. The third kappa shape index (κ3) is 4.38. The largest absolute Gasteiger partial charge is 0.297 e. The van der Waals surface area contributed by atoms with Gasteiger partial charge in [-0.25, -0.2) is 8.42 Å². The highest BCUT2D eigenvalue weighted by Gasteiger charge is 2.29. The minimum Gasteiger partial charge on any atom is -0.297 e. The molecule has 4 rings (SSSR count). The fourth-order valence-corrected chi connectivity index (χ4v) is 5.67. The van der Waals surface area contributed by atoms with Crippen LogP contribution in [0.4, 0.5) is 0 Å². The van der Waals surface area contributed by atoms with Crippen LogP contribution in [0.25, 0.3) is 16.8 Å². The van der Waals surface area contributed by atoms with Gasteiger partial charge in [0.2, 0.25) is 10.0 Å². The number of sulfonamides is 1. The van der Waals surface area contributed by atoms with E-state index < -0.39 is 10.0 Å². The van der Waals surface area contributed by atoms with E-state index in [9.17, 15) is 8.42 Å². The Hall–Kier alpha value is -2.18. The van der Waals surface area contributed by atoms with Gasteiger partial charge < -0.3 is 0 Å². The molecule has 29 heavy (non-hydrogen) atoms. The lowest BCUT2D eigenvalue weighted by Crippen LogP contribution is -2.48. The molecule has 1 aliphatic heterocycles. The molecule has 3 aromatic rings. The number of rotatable bonds is 5. The van der Waals surface area contributed by atoms with Gasteiger partial charge in [0.1, 0.15) is 0 Å². The monoisotopic (exact) mass is 426 g/mol. The van der Waals surface area contributed by atoms with E-state index in [0.717, 1.165) is 11.9 Å². The van der Waals surface area contributed by atoms with Crippen LogP contribution >= 0.6 is 11.6 Å². The van der Waals surface area contributed by atoms with E-state index in [1.54, 1.807) is 22.5 Å². The third-order valence-corrected chi connectivity index (χ3v) is 7.49. The average molecular weight is 427 g/mol. The third-order valence-electron chi connectivity index (χ3n) is 5.24. The second-order valence-corrected chi connectivity index (χ2v) is 9.43. The zero-order valence-corrected chi connectivity index (χ0v) is 17.6. The molecule has 3 aromatic carbocycles. The van der Waals surface area contributed by atoms with Gasteiger partial charge in [-0.1, -0.05) is 78.4 Å². The summed E-state index contributed by atoms with van der Waals surface area (Å²) in [5.74, 6) is 0. The molecule has 150 valence electrons. The maximum absolute atomic E-state index is 13.3. The van der Waals surface area contributed by atoms with Crippen LogP contribution in [0.5, 0.6) is 0 Å². The van der Waals surface area contributed by atoms with Gasteiger partial charge in [0, 0.05) is 43.1 Å². The molecule has 6 heteroatoms. The van der Waals surface area contributed by atoms with Gasteiger partial charge in [-0.3, -0.25) is 4.90 Å². The van der Waals surface area contributed by atoms with E-state index in [0.29, 0.717) is 36.6 Å². The predicted molar refractivity (Wildman–Crippen MR) is 120 cm³/mol. The van der Waals surface area contributed by atoms with Crippen LogP contribution in [0.15, 0.2) is 77.7 Å². The average Bonchev–Trinajstić information content (AvgIpc) is 2.75. The van der Waals surface area contributed by atoms with Gasteiger partial charge in [0.05, 0.1) is 4.90 Å². The first-order valence-corrected chi connectivity index (χ1v) is 11.5. The van der Waals surface area contributed by atoms with Gasteiger partial charge in [-0.15, -0.1) is 0 Å². The Bertz CT molecular complexity index is 1120. The molecule has 0 unspecified atom stereocenters. The van der Waals surface area contributed by atoms with Crippen LogP contribution in [0.1, 0.15) is 5.56 Å². The molecule has 1 aliphatic rings.